The number of carbonyl (C=O) groups is 2. The van der Waals surface area contributed by atoms with Crippen LogP contribution in [0.15, 0.2) is 42.6 Å². The van der Waals surface area contributed by atoms with Crippen molar-refractivity contribution in [1.82, 2.24) is 24.6 Å². The van der Waals surface area contributed by atoms with Crippen LogP contribution >= 0.6 is 11.6 Å². The predicted molar refractivity (Wildman–Crippen MR) is 122 cm³/mol. The average Bonchev–Trinajstić information content (AvgIpc) is 3.19. The number of amides is 2. The molecule has 35 heavy (non-hydrogen) atoms. The number of rotatable bonds is 5. The van der Waals surface area contributed by atoms with Crippen LogP contribution in [0, 0.1) is 0 Å². The van der Waals surface area contributed by atoms with Crippen LogP contribution in [0.2, 0.25) is 5.02 Å². The minimum atomic E-state index is -3.02. The Balaban J connectivity index is 1.39. The third-order valence-corrected chi connectivity index (χ3v) is 6.58. The van der Waals surface area contributed by atoms with Crippen molar-refractivity contribution in [2.75, 3.05) is 6.54 Å². The molecule has 0 bridgehead atoms. The van der Waals surface area contributed by atoms with Crippen LogP contribution in [-0.2, 0) is 26.1 Å². The molecule has 0 saturated heterocycles. The van der Waals surface area contributed by atoms with E-state index in [0.29, 0.717) is 31.7 Å². The van der Waals surface area contributed by atoms with Gasteiger partial charge in [-0.2, -0.15) is 13.9 Å². The molecule has 3 aromatic rings. The van der Waals surface area contributed by atoms with Crippen LogP contribution in [-0.4, -0.2) is 55.6 Å². The first-order valence-corrected chi connectivity index (χ1v) is 11.5. The summed E-state index contributed by atoms with van der Waals surface area (Å²) in [7, 11) is 0. The van der Waals surface area contributed by atoms with Gasteiger partial charge in [-0.25, -0.2) is 0 Å². The first-order valence-electron chi connectivity index (χ1n) is 11.1. The van der Waals surface area contributed by atoms with Crippen LogP contribution in [0.3, 0.4) is 0 Å². The van der Waals surface area contributed by atoms with E-state index in [1.807, 2.05) is 25.1 Å². The quantitative estimate of drug-likeness (QED) is 0.531. The third kappa shape index (κ3) is 4.45. The fourth-order valence-electron chi connectivity index (χ4n) is 4.56. The van der Waals surface area contributed by atoms with E-state index in [1.165, 1.54) is 18.2 Å². The van der Waals surface area contributed by atoms with Crippen molar-refractivity contribution < 1.29 is 23.1 Å². The van der Waals surface area contributed by atoms with E-state index in [0.717, 1.165) is 17.0 Å². The molecule has 0 saturated carbocycles. The highest BCUT2D eigenvalue weighted by Gasteiger charge is 2.37. The summed E-state index contributed by atoms with van der Waals surface area (Å²) in [4.78, 5) is 34.4. The Labute approximate surface area is 205 Å². The number of aromatic nitrogens is 3. The summed E-state index contributed by atoms with van der Waals surface area (Å²) in [6, 6.07) is 9.38. The predicted octanol–water partition coefficient (Wildman–Crippen LogP) is 3.78. The van der Waals surface area contributed by atoms with Gasteiger partial charge in [0.05, 0.1) is 36.0 Å². The van der Waals surface area contributed by atoms with Gasteiger partial charge in [0, 0.05) is 36.3 Å². The number of benzene rings is 1. The molecular weight excluding hydrogens is 480 g/mol. The first kappa shape index (κ1) is 23.2. The molecule has 2 amide bonds. The van der Waals surface area contributed by atoms with Gasteiger partial charge >= 0.3 is 6.61 Å². The second kappa shape index (κ2) is 9.26. The molecule has 0 N–H and O–H groups in total. The average molecular weight is 502 g/mol. The highest BCUT2D eigenvalue weighted by molar-refractivity contribution is 6.32. The van der Waals surface area contributed by atoms with Crippen molar-refractivity contribution in [3.8, 4) is 5.75 Å². The summed E-state index contributed by atoms with van der Waals surface area (Å²) in [5.41, 5.74) is 3.07. The molecule has 1 aromatic carbocycles. The second-order valence-corrected chi connectivity index (χ2v) is 8.96. The molecule has 5 rings (SSSR count). The topological polar surface area (TPSA) is 80.6 Å². The number of halogens is 3. The van der Waals surface area contributed by atoms with Crippen LogP contribution in [0.1, 0.15) is 44.7 Å². The number of carbonyl (C=O) groups excluding carboxylic acids is 2. The molecule has 2 aliphatic heterocycles. The minimum absolute atomic E-state index is 0.0789. The van der Waals surface area contributed by atoms with Crippen LogP contribution < -0.4 is 4.74 Å². The zero-order chi connectivity index (χ0) is 24.7. The molecule has 8 nitrogen and oxygen atoms in total. The number of fused-ring (bicyclic) bond motifs is 3. The fourth-order valence-corrected chi connectivity index (χ4v) is 4.79. The molecule has 11 heteroatoms. The van der Waals surface area contributed by atoms with Crippen LogP contribution in [0.4, 0.5) is 8.78 Å². The second-order valence-electron chi connectivity index (χ2n) is 8.55. The van der Waals surface area contributed by atoms with E-state index in [9.17, 15) is 18.4 Å². The number of hydrogen-bond donors (Lipinski definition) is 0. The summed E-state index contributed by atoms with van der Waals surface area (Å²) in [5.74, 6) is -0.659. The van der Waals surface area contributed by atoms with E-state index in [4.69, 9.17) is 11.6 Å². The van der Waals surface area contributed by atoms with E-state index in [1.54, 1.807) is 20.7 Å². The Morgan fingerprint density at radius 1 is 1.26 bits per heavy atom. The third-order valence-electron chi connectivity index (χ3n) is 6.29. The van der Waals surface area contributed by atoms with Crippen molar-refractivity contribution in [2.45, 2.75) is 45.6 Å². The highest BCUT2D eigenvalue weighted by Crippen LogP contribution is 2.32. The van der Waals surface area contributed by atoms with E-state index < -0.39 is 6.61 Å². The maximum atomic E-state index is 13.4. The molecule has 2 aliphatic rings. The van der Waals surface area contributed by atoms with Gasteiger partial charge in [-0.15, -0.1) is 0 Å². The van der Waals surface area contributed by atoms with Gasteiger partial charge in [0.1, 0.15) is 11.4 Å². The summed E-state index contributed by atoms with van der Waals surface area (Å²) in [6.07, 6.45) is 2.19. The monoisotopic (exact) mass is 501 g/mol. The Hall–Kier alpha value is -3.53. The number of alkyl halides is 2. The summed E-state index contributed by atoms with van der Waals surface area (Å²) in [6.45, 7) is 0.574. The molecular formula is C24H22ClF2N5O3. The SMILES string of the molecule is C[C@@H]1Cc2nn3c(c2CN1C(=O)c1ccc(OC(F)F)c(Cl)c1)C(=O)N(Cc1ccccn1)CC3. The fraction of sp³-hybridized carbons (Fsp3) is 0.333. The van der Waals surface area contributed by atoms with Gasteiger partial charge in [0.15, 0.2) is 0 Å². The Bertz CT molecular complexity index is 1280. The highest BCUT2D eigenvalue weighted by atomic mass is 35.5. The van der Waals surface area contributed by atoms with Gasteiger partial charge in [-0.05, 0) is 37.3 Å². The number of hydrogen-bond acceptors (Lipinski definition) is 5. The standard InChI is InChI=1S/C24H22ClF2N5O3/c1-14-10-19-17(13-31(14)22(33)15-5-6-20(18(25)11-15)35-24(26)27)21-23(34)30(8-9-32(21)29-19)12-16-4-2-3-7-28-16/h2-7,11,14,24H,8-10,12-13H2,1H3/t14-/m1/s1. The van der Waals surface area contributed by atoms with Gasteiger partial charge in [-0.1, -0.05) is 17.7 Å². The molecule has 0 unspecified atom stereocenters. The van der Waals surface area contributed by atoms with E-state index in [2.05, 4.69) is 14.8 Å². The van der Waals surface area contributed by atoms with E-state index in [-0.39, 0.29) is 40.7 Å². The lowest BCUT2D eigenvalue weighted by molar-refractivity contribution is -0.0497. The van der Waals surface area contributed by atoms with Crippen molar-refractivity contribution >= 4 is 23.4 Å². The van der Waals surface area contributed by atoms with Gasteiger partial charge in [0.25, 0.3) is 11.8 Å². The molecule has 0 spiro atoms. The van der Waals surface area contributed by atoms with Gasteiger partial charge in [0.2, 0.25) is 0 Å². The summed E-state index contributed by atoms with van der Waals surface area (Å²) >= 11 is 6.06. The Kier molecular flexibility index (Phi) is 6.14. The lowest BCUT2D eigenvalue weighted by Crippen LogP contribution is -2.44. The van der Waals surface area contributed by atoms with Crippen molar-refractivity contribution in [3.05, 3.63) is 75.8 Å². The summed E-state index contributed by atoms with van der Waals surface area (Å²) < 4.78 is 31.2. The van der Waals surface area contributed by atoms with Crippen molar-refractivity contribution in [1.29, 1.82) is 0 Å². The van der Waals surface area contributed by atoms with Crippen LogP contribution in [0.5, 0.6) is 5.75 Å². The smallest absolute Gasteiger partial charge is 0.387 e. The van der Waals surface area contributed by atoms with Gasteiger partial charge < -0.3 is 14.5 Å². The lowest BCUT2D eigenvalue weighted by atomic mass is 9.97. The molecule has 182 valence electrons. The molecule has 2 aromatic heterocycles. The summed E-state index contributed by atoms with van der Waals surface area (Å²) in [5, 5.41) is 4.58. The lowest BCUT2D eigenvalue weighted by Gasteiger charge is -2.34. The molecule has 0 radical (unpaired) electrons. The van der Waals surface area contributed by atoms with Gasteiger partial charge in [-0.3, -0.25) is 19.3 Å². The maximum absolute atomic E-state index is 13.4. The maximum Gasteiger partial charge on any atom is 0.387 e. The molecule has 0 fully saturated rings. The van der Waals surface area contributed by atoms with Crippen LogP contribution in [0.25, 0.3) is 0 Å². The zero-order valence-electron chi connectivity index (χ0n) is 18.8. The van der Waals surface area contributed by atoms with E-state index >= 15 is 0 Å². The first-order chi connectivity index (χ1) is 16.8. The minimum Gasteiger partial charge on any atom is -0.433 e. The normalized spacial score (nSPS) is 17.4. The number of ether oxygens (including phenoxy) is 1. The molecule has 0 aliphatic carbocycles. The zero-order valence-corrected chi connectivity index (χ0v) is 19.6. The molecule has 4 heterocycles. The Morgan fingerprint density at radius 3 is 2.80 bits per heavy atom. The van der Waals surface area contributed by atoms with Crippen molar-refractivity contribution in [3.63, 3.8) is 0 Å². The number of nitrogens with zero attached hydrogens (tertiary/aromatic N) is 5. The number of pyridine rings is 1. The Morgan fingerprint density at radius 2 is 2.09 bits per heavy atom. The van der Waals surface area contributed by atoms with Crippen molar-refractivity contribution in [2.24, 2.45) is 0 Å². The molecule has 1 atom stereocenters. The largest absolute Gasteiger partial charge is 0.433 e.